The van der Waals surface area contributed by atoms with Crippen LogP contribution in [0, 0.1) is 5.92 Å². The first-order valence-corrected chi connectivity index (χ1v) is 15.4. The molecule has 5 rings (SSSR count). The maximum Gasteiger partial charge on any atom is 0.308 e. The Morgan fingerprint density at radius 2 is 1.82 bits per heavy atom. The van der Waals surface area contributed by atoms with E-state index in [0.717, 1.165) is 35.1 Å². The zero-order valence-electron chi connectivity index (χ0n) is 26.2. The Morgan fingerprint density at radius 1 is 1.05 bits per heavy atom. The summed E-state index contributed by atoms with van der Waals surface area (Å²) in [4.78, 5) is 39.7. The summed E-state index contributed by atoms with van der Waals surface area (Å²) in [5.41, 5.74) is 2.92. The Balaban J connectivity index is 1.44. The van der Waals surface area contributed by atoms with Crippen molar-refractivity contribution in [2.24, 2.45) is 5.92 Å². The van der Waals surface area contributed by atoms with Crippen LogP contribution in [-0.2, 0) is 22.6 Å². The Morgan fingerprint density at radius 3 is 2.55 bits per heavy atom. The minimum absolute atomic E-state index is 0.0303. The van der Waals surface area contributed by atoms with Crippen LogP contribution >= 0.6 is 0 Å². The Hall–Kier alpha value is -4.02. The number of likely N-dealkylation sites (tertiary alicyclic amines) is 1. The molecule has 1 aromatic heterocycles. The third-order valence-electron chi connectivity index (χ3n) is 8.39. The summed E-state index contributed by atoms with van der Waals surface area (Å²) >= 11 is 0. The second-order valence-electron chi connectivity index (χ2n) is 12.8. The van der Waals surface area contributed by atoms with E-state index in [1.807, 2.05) is 35.2 Å². The molecule has 3 atom stereocenters. The molecule has 0 unspecified atom stereocenters. The smallest absolute Gasteiger partial charge is 0.308 e. The van der Waals surface area contributed by atoms with Crippen molar-refractivity contribution in [3.05, 3.63) is 77.9 Å². The maximum atomic E-state index is 14.2. The Labute approximate surface area is 259 Å². The van der Waals surface area contributed by atoms with E-state index in [1.54, 1.807) is 18.5 Å². The molecular weight excluding hydrogens is 558 g/mol. The number of amides is 1. The third-order valence-corrected chi connectivity index (χ3v) is 8.39. The van der Waals surface area contributed by atoms with Gasteiger partial charge in [-0.15, -0.1) is 0 Å². The molecule has 0 bridgehead atoms. The van der Waals surface area contributed by atoms with Crippen LogP contribution in [0.3, 0.4) is 0 Å². The van der Waals surface area contributed by atoms with E-state index in [-0.39, 0.29) is 31.2 Å². The number of carboxylic acids is 1. The number of carboxylic acid groups (broad SMARTS) is 1. The molecule has 1 saturated heterocycles. The molecule has 0 aliphatic carbocycles. The van der Waals surface area contributed by atoms with Gasteiger partial charge in [-0.2, -0.15) is 0 Å². The summed E-state index contributed by atoms with van der Waals surface area (Å²) < 4.78 is 11.9. The van der Waals surface area contributed by atoms with Gasteiger partial charge < -0.3 is 24.0 Å². The first kappa shape index (κ1) is 31.4. The fraction of sp³-hybridized carbons (Fsp3) is 0.471. The van der Waals surface area contributed by atoms with Crippen molar-refractivity contribution in [1.82, 2.24) is 14.9 Å². The number of carbonyl (C=O) groups excluding carboxylic acids is 1. The van der Waals surface area contributed by atoms with E-state index in [1.165, 1.54) is 5.56 Å². The lowest BCUT2D eigenvalue weighted by atomic mass is 9.83. The Bertz CT molecular complexity index is 1440. The molecule has 2 aliphatic heterocycles. The van der Waals surface area contributed by atoms with Crippen molar-refractivity contribution in [1.29, 1.82) is 0 Å². The van der Waals surface area contributed by atoms with E-state index in [2.05, 4.69) is 55.1 Å². The predicted octanol–water partition coefficient (Wildman–Crippen LogP) is 4.35. The predicted molar refractivity (Wildman–Crippen MR) is 168 cm³/mol. The van der Waals surface area contributed by atoms with Gasteiger partial charge in [-0.05, 0) is 48.7 Å². The average molecular weight is 603 g/mol. The van der Waals surface area contributed by atoms with Gasteiger partial charge in [0.2, 0.25) is 12.7 Å². The molecule has 1 fully saturated rings. The SMILES string of the molecule is CCCCN(C(=O)CN1C[C@H](c2ccc3c(c2)OCO3)[C@@H](C(=O)O)[C@@H]1CCc1ncccn1)c1cccc(C[N+](C)(C)C)c1. The molecule has 1 amide bonds. The van der Waals surface area contributed by atoms with E-state index in [4.69, 9.17) is 9.47 Å². The number of aromatic nitrogens is 2. The van der Waals surface area contributed by atoms with Crippen molar-refractivity contribution in [2.75, 3.05) is 52.5 Å². The van der Waals surface area contributed by atoms with E-state index in [9.17, 15) is 14.7 Å². The number of aryl methyl sites for hydroxylation is 1. The van der Waals surface area contributed by atoms with E-state index in [0.29, 0.717) is 43.3 Å². The van der Waals surface area contributed by atoms with Gasteiger partial charge in [-0.3, -0.25) is 14.5 Å². The number of quaternary nitrogens is 1. The van der Waals surface area contributed by atoms with Crippen molar-refractivity contribution in [2.45, 2.75) is 51.1 Å². The van der Waals surface area contributed by atoms with Crippen LogP contribution < -0.4 is 14.4 Å². The molecule has 10 heteroatoms. The zero-order valence-corrected chi connectivity index (χ0v) is 26.2. The van der Waals surface area contributed by atoms with Gasteiger partial charge in [-0.25, -0.2) is 9.97 Å². The summed E-state index contributed by atoms with van der Waals surface area (Å²) in [5.74, 6) is -0.0162. The fourth-order valence-corrected chi connectivity index (χ4v) is 6.41. The van der Waals surface area contributed by atoms with Crippen LogP contribution in [0.4, 0.5) is 5.69 Å². The quantitative estimate of drug-likeness (QED) is 0.288. The van der Waals surface area contributed by atoms with Crippen LogP contribution in [0.2, 0.25) is 0 Å². The molecule has 3 heterocycles. The maximum absolute atomic E-state index is 14.2. The highest BCUT2D eigenvalue weighted by atomic mass is 16.7. The van der Waals surface area contributed by atoms with Gasteiger partial charge in [0, 0.05) is 55.1 Å². The summed E-state index contributed by atoms with van der Waals surface area (Å²) in [6, 6.07) is 15.3. The average Bonchev–Trinajstić information content (AvgIpc) is 3.60. The summed E-state index contributed by atoms with van der Waals surface area (Å²) in [6.45, 7) is 4.27. The molecule has 0 saturated carbocycles. The van der Waals surface area contributed by atoms with Crippen LogP contribution in [0.5, 0.6) is 11.5 Å². The first-order valence-electron chi connectivity index (χ1n) is 15.4. The molecule has 234 valence electrons. The number of unbranched alkanes of at least 4 members (excludes halogenated alkanes) is 1. The summed E-state index contributed by atoms with van der Waals surface area (Å²) in [6.07, 6.45) is 6.25. The fourth-order valence-electron chi connectivity index (χ4n) is 6.41. The number of carbonyl (C=O) groups is 2. The van der Waals surface area contributed by atoms with Crippen LogP contribution in [-0.4, -0.2) is 89.9 Å². The van der Waals surface area contributed by atoms with Gasteiger partial charge in [0.15, 0.2) is 11.5 Å². The summed E-state index contributed by atoms with van der Waals surface area (Å²) in [7, 11) is 6.45. The second-order valence-corrected chi connectivity index (χ2v) is 12.8. The van der Waals surface area contributed by atoms with Crippen LogP contribution in [0.1, 0.15) is 49.1 Å². The lowest BCUT2D eigenvalue weighted by Gasteiger charge is -2.30. The van der Waals surface area contributed by atoms with Crippen molar-refractivity contribution >= 4 is 17.6 Å². The highest BCUT2D eigenvalue weighted by molar-refractivity contribution is 5.95. The molecule has 2 aromatic carbocycles. The molecule has 10 nitrogen and oxygen atoms in total. The number of rotatable bonds is 13. The number of hydrogen-bond acceptors (Lipinski definition) is 7. The number of aliphatic carboxylic acids is 1. The Kier molecular flexibility index (Phi) is 9.80. The first-order chi connectivity index (χ1) is 21.1. The minimum atomic E-state index is -0.877. The van der Waals surface area contributed by atoms with Crippen molar-refractivity contribution in [3.8, 4) is 11.5 Å². The van der Waals surface area contributed by atoms with Crippen molar-refractivity contribution in [3.63, 3.8) is 0 Å². The second kappa shape index (κ2) is 13.7. The number of benzene rings is 2. The normalized spacial score (nSPS) is 19.7. The molecule has 44 heavy (non-hydrogen) atoms. The highest BCUT2D eigenvalue weighted by Gasteiger charge is 2.47. The number of ether oxygens (including phenoxy) is 2. The summed E-state index contributed by atoms with van der Waals surface area (Å²) in [5, 5.41) is 10.6. The van der Waals surface area contributed by atoms with Crippen LogP contribution in [0.15, 0.2) is 60.9 Å². The standard InChI is InChI=1S/C34H43N5O5/c1-5-6-17-38(26-10-7-9-24(18-26)22-39(2,3)4)32(40)21-37-20-27(25-11-13-29-30(19-25)44-23-43-29)33(34(41)42)28(37)12-14-31-35-15-8-16-36-31/h7-11,13,15-16,18-19,27-28,33H,5-6,12,14,17,20-23H2,1-4H3/p+1/t27-,28+,33-/m1/s1. The molecule has 0 radical (unpaired) electrons. The number of anilines is 1. The topological polar surface area (TPSA) is 105 Å². The van der Waals surface area contributed by atoms with Gasteiger partial charge in [0.1, 0.15) is 12.4 Å². The highest BCUT2D eigenvalue weighted by Crippen LogP contribution is 2.43. The van der Waals surface area contributed by atoms with E-state index < -0.39 is 11.9 Å². The van der Waals surface area contributed by atoms with Gasteiger partial charge in [-0.1, -0.05) is 31.5 Å². The van der Waals surface area contributed by atoms with Crippen molar-refractivity contribution < 1.29 is 28.7 Å². The number of nitrogens with zero attached hydrogens (tertiary/aromatic N) is 5. The molecule has 3 aromatic rings. The lowest BCUT2D eigenvalue weighted by molar-refractivity contribution is -0.884. The molecule has 2 aliphatic rings. The third kappa shape index (κ3) is 7.54. The minimum Gasteiger partial charge on any atom is -0.481 e. The molecule has 1 N–H and O–H groups in total. The van der Waals surface area contributed by atoms with E-state index >= 15 is 0 Å². The number of fused-ring (bicyclic) bond motifs is 1. The van der Waals surface area contributed by atoms with Crippen LogP contribution in [0.25, 0.3) is 0 Å². The lowest BCUT2D eigenvalue weighted by Crippen LogP contribution is -2.44. The molecule has 0 spiro atoms. The molecular formula is C34H44N5O5+. The van der Waals surface area contributed by atoms with Gasteiger partial charge in [0.05, 0.1) is 33.6 Å². The number of hydrogen-bond donors (Lipinski definition) is 1. The monoisotopic (exact) mass is 602 g/mol. The zero-order chi connectivity index (χ0) is 31.3. The van der Waals surface area contributed by atoms with Gasteiger partial charge >= 0.3 is 5.97 Å². The largest absolute Gasteiger partial charge is 0.481 e. The van der Waals surface area contributed by atoms with Gasteiger partial charge in [0.25, 0.3) is 0 Å².